The number of esters is 1. The average molecular weight is 411 g/mol. The molecule has 0 aromatic carbocycles. The lowest BCUT2D eigenvalue weighted by molar-refractivity contribution is -0.148. The Morgan fingerprint density at radius 1 is 0.552 bits per heavy atom. The summed E-state index contributed by atoms with van der Waals surface area (Å²) in [6.45, 7) is 6.88. The summed E-state index contributed by atoms with van der Waals surface area (Å²) in [5.41, 5.74) is 0. The van der Waals surface area contributed by atoms with E-state index in [4.69, 9.17) is 4.74 Å². The number of rotatable bonds is 23. The fourth-order valence-corrected chi connectivity index (χ4v) is 3.84. The SMILES string of the molecule is CCCCCCCCCCCCCCCCCCCCCCOC(=O)C(C)CC. The number of unbranched alkanes of at least 4 members (excludes halogenated alkanes) is 19. The van der Waals surface area contributed by atoms with Crippen molar-refractivity contribution in [2.45, 2.75) is 156 Å². The van der Waals surface area contributed by atoms with Gasteiger partial charge >= 0.3 is 5.97 Å². The van der Waals surface area contributed by atoms with Crippen LogP contribution in [0.2, 0.25) is 0 Å². The fourth-order valence-electron chi connectivity index (χ4n) is 3.84. The molecule has 1 atom stereocenters. The van der Waals surface area contributed by atoms with E-state index in [2.05, 4.69) is 6.92 Å². The summed E-state index contributed by atoms with van der Waals surface area (Å²) in [5.74, 6) is 0.0328. The van der Waals surface area contributed by atoms with Gasteiger partial charge in [0.05, 0.1) is 12.5 Å². The zero-order valence-electron chi connectivity index (χ0n) is 20.5. The van der Waals surface area contributed by atoms with E-state index in [9.17, 15) is 4.79 Å². The minimum absolute atomic E-state index is 0.0229. The topological polar surface area (TPSA) is 26.3 Å². The Morgan fingerprint density at radius 2 is 0.862 bits per heavy atom. The summed E-state index contributed by atoms with van der Waals surface area (Å²) in [4.78, 5) is 11.6. The molecule has 0 bridgehead atoms. The Kier molecular flexibility index (Phi) is 23.3. The van der Waals surface area contributed by atoms with Gasteiger partial charge in [0, 0.05) is 0 Å². The van der Waals surface area contributed by atoms with Crippen molar-refractivity contribution in [1.82, 2.24) is 0 Å². The van der Waals surface area contributed by atoms with Crippen LogP contribution in [0.15, 0.2) is 0 Å². The van der Waals surface area contributed by atoms with E-state index in [-0.39, 0.29) is 11.9 Å². The molecular formula is C27H54O2. The van der Waals surface area contributed by atoms with Crippen LogP contribution in [0.3, 0.4) is 0 Å². The van der Waals surface area contributed by atoms with Crippen molar-refractivity contribution in [3.8, 4) is 0 Å². The minimum Gasteiger partial charge on any atom is -0.465 e. The maximum atomic E-state index is 11.6. The number of hydrogen-bond donors (Lipinski definition) is 0. The van der Waals surface area contributed by atoms with Crippen LogP contribution >= 0.6 is 0 Å². The molecule has 0 rings (SSSR count). The first-order valence-corrected chi connectivity index (χ1v) is 13.4. The monoisotopic (exact) mass is 410 g/mol. The van der Waals surface area contributed by atoms with Crippen molar-refractivity contribution in [3.63, 3.8) is 0 Å². The van der Waals surface area contributed by atoms with Crippen LogP contribution in [0, 0.1) is 5.92 Å². The zero-order valence-corrected chi connectivity index (χ0v) is 20.5. The van der Waals surface area contributed by atoms with E-state index in [1.165, 1.54) is 122 Å². The molecule has 174 valence electrons. The van der Waals surface area contributed by atoms with Gasteiger partial charge in [-0.25, -0.2) is 0 Å². The molecule has 2 heteroatoms. The quantitative estimate of drug-likeness (QED) is 0.124. The fraction of sp³-hybridized carbons (Fsp3) is 0.963. The largest absolute Gasteiger partial charge is 0.465 e. The molecule has 0 N–H and O–H groups in total. The Bertz CT molecular complexity index is 326. The summed E-state index contributed by atoms with van der Waals surface area (Å²) >= 11 is 0. The van der Waals surface area contributed by atoms with Crippen LogP contribution in [0.1, 0.15) is 156 Å². The van der Waals surface area contributed by atoms with Gasteiger partial charge in [0.1, 0.15) is 0 Å². The van der Waals surface area contributed by atoms with Crippen molar-refractivity contribution >= 4 is 5.97 Å². The molecule has 1 unspecified atom stereocenters. The zero-order chi connectivity index (χ0) is 21.4. The molecule has 0 aromatic rings. The van der Waals surface area contributed by atoms with Gasteiger partial charge in [0.2, 0.25) is 0 Å². The molecule has 2 nitrogen and oxygen atoms in total. The average Bonchev–Trinajstić information content (AvgIpc) is 2.74. The highest BCUT2D eigenvalue weighted by molar-refractivity contribution is 5.71. The summed E-state index contributed by atoms with van der Waals surface area (Å²) in [5, 5.41) is 0. The van der Waals surface area contributed by atoms with E-state index in [0.717, 1.165) is 12.8 Å². The second-order valence-electron chi connectivity index (χ2n) is 9.19. The summed E-state index contributed by atoms with van der Waals surface area (Å²) < 4.78 is 5.29. The summed E-state index contributed by atoms with van der Waals surface area (Å²) in [7, 11) is 0. The van der Waals surface area contributed by atoms with Gasteiger partial charge in [-0.3, -0.25) is 4.79 Å². The highest BCUT2D eigenvalue weighted by Crippen LogP contribution is 2.15. The maximum Gasteiger partial charge on any atom is 0.308 e. The highest BCUT2D eigenvalue weighted by atomic mass is 16.5. The van der Waals surface area contributed by atoms with E-state index in [1.54, 1.807) is 0 Å². The predicted octanol–water partition coefficient (Wildman–Crippen LogP) is 9.40. The standard InChI is InChI=1S/C27H54O2/c1-4-6-7-8-9-10-11-12-13-14-15-16-17-18-19-20-21-22-23-24-25-29-27(28)26(3)5-2/h26H,4-25H2,1-3H3. The summed E-state index contributed by atoms with van der Waals surface area (Å²) in [6.07, 6.45) is 28.7. The Hall–Kier alpha value is -0.530. The van der Waals surface area contributed by atoms with Crippen LogP contribution in [-0.4, -0.2) is 12.6 Å². The molecule has 0 heterocycles. The van der Waals surface area contributed by atoms with Crippen molar-refractivity contribution in [2.75, 3.05) is 6.61 Å². The first kappa shape index (κ1) is 28.5. The van der Waals surface area contributed by atoms with Crippen LogP contribution in [0.4, 0.5) is 0 Å². The lowest BCUT2D eigenvalue weighted by Gasteiger charge is -2.09. The molecule has 0 aromatic heterocycles. The van der Waals surface area contributed by atoms with Crippen LogP contribution in [-0.2, 0) is 9.53 Å². The van der Waals surface area contributed by atoms with Crippen molar-refractivity contribution in [3.05, 3.63) is 0 Å². The van der Waals surface area contributed by atoms with Crippen molar-refractivity contribution in [2.24, 2.45) is 5.92 Å². The third-order valence-corrected chi connectivity index (χ3v) is 6.26. The molecule has 0 radical (unpaired) electrons. The maximum absolute atomic E-state index is 11.6. The van der Waals surface area contributed by atoms with Crippen LogP contribution in [0.5, 0.6) is 0 Å². The van der Waals surface area contributed by atoms with E-state index >= 15 is 0 Å². The summed E-state index contributed by atoms with van der Waals surface area (Å²) in [6, 6.07) is 0. The molecule has 0 spiro atoms. The third kappa shape index (κ3) is 22.0. The lowest BCUT2D eigenvalue weighted by Crippen LogP contribution is -2.14. The molecule has 0 saturated heterocycles. The minimum atomic E-state index is -0.0229. The molecular weight excluding hydrogens is 356 g/mol. The van der Waals surface area contributed by atoms with Gasteiger partial charge in [-0.2, -0.15) is 0 Å². The lowest BCUT2D eigenvalue weighted by atomic mass is 10.0. The molecule has 0 aliphatic heterocycles. The first-order valence-electron chi connectivity index (χ1n) is 13.4. The Balaban J connectivity index is 3.07. The van der Waals surface area contributed by atoms with Gasteiger partial charge < -0.3 is 4.74 Å². The second kappa shape index (κ2) is 23.7. The molecule has 0 saturated carbocycles. The van der Waals surface area contributed by atoms with Gasteiger partial charge in [-0.05, 0) is 12.8 Å². The Morgan fingerprint density at radius 3 is 1.17 bits per heavy atom. The first-order chi connectivity index (χ1) is 14.2. The second-order valence-corrected chi connectivity index (χ2v) is 9.19. The highest BCUT2D eigenvalue weighted by Gasteiger charge is 2.10. The van der Waals surface area contributed by atoms with E-state index in [1.807, 2.05) is 13.8 Å². The number of hydrogen-bond acceptors (Lipinski definition) is 2. The number of carbonyl (C=O) groups excluding carboxylic acids is 1. The molecule has 0 aliphatic carbocycles. The predicted molar refractivity (Wildman–Crippen MR) is 128 cm³/mol. The van der Waals surface area contributed by atoms with Gasteiger partial charge in [0.25, 0.3) is 0 Å². The van der Waals surface area contributed by atoms with Crippen molar-refractivity contribution in [1.29, 1.82) is 0 Å². The normalized spacial score (nSPS) is 12.2. The third-order valence-electron chi connectivity index (χ3n) is 6.26. The molecule has 0 amide bonds. The molecule has 0 fully saturated rings. The van der Waals surface area contributed by atoms with Gasteiger partial charge in [-0.15, -0.1) is 0 Å². The van der Waals surface area contributed by atoms with E-state index < -0.39 is 0 Å². The smallest absolute Gasteiger partial charge is 0.308 e. The van der Waals surface area contributed by atoms with Gasteiger partial charge in [-0.1, -0.05) is 143 Å². The molecule has 0 aliphatic rings. The van der Waals surface area contributed by atoms with E-state index in [0.29, 0.717) is 6.61 Å². The molecule has 29 heavy (non-hydrogen) atoms. The number of ether oxygens (including phenoxy) is 1. The van der Waals surface area contributed by atoms with Gasteiger partial charge in [0.15, 0.2) is 0 Å². The Labute approximate surface area is 184 Å². The van der Waals surface area contributed by atoms with Crippen LogP contribution < -0.4 is 0 Å². The number of carbonyl (C=O) groups is 1. The van der Waals surface area contributed by atoms with Crippen molar-refractivity contribution < 1.29 is 9.53 Å². The van der Waals surface area contributed by atoms with Crippen LogP contribution in [0.25, 0.3) is 0 Å².